The molecular formula is C59H39NO. The van der Waals surface area contributed by atoms with E-state index in [1.165, 1.54) is 66.4 Å². The molecule has 0 aliphatic heterocycles. The van der Waals surface area contributed by atoms with Crippen molar-refractivity contribution in [3.63, 3.8) is 0 Å². The maximum atomic E-state index is 6.79. The fourth-order valence-electron chi connectivity index (χ4n) is 10.1. The minimum absolute atomic E-state index is 0.594. The van der Waals surface area contributed by atoms with Crippen molar-refractivity contribution >= 4 is 49.8 Å². The van der Waals surface area contributed by atoms with Gasteiger partial charge in [-0.3, -0.25) is 0 Å². The highest BCUT2D eigenvalue weighted by Crippen LogP contribution is 2.59. The van der Waals surface area contributed by atoms with Gasteiger partial charge in [-0.25, -0.2) is 0 Å². The van der Waals surface area contributed by atoms with E-state index < -0.39 is 5.41 Å². The number of rotatable bonds is 7. The van der Waals surface area contributed by atoms with E-state index in [2.05, 4.69) is 235 Å². The number of fused-ring (bicyclic) bond motifs is 7. The van der Waals surface area contributed by atoms with Gasteiger partial charge in [-0.2, -0.15) is 0 Å². The van der Waals surface area contributed by atoms with Crippen molar-refractivity contribution < 1.29 is 4.42 Å². The monoisotopic (exact) mass is 777 g/mol. The van der Waals surface area contributed by atoms with Crippen molar-refractivity contribution in [1.82, 2.24) is 0 Å². The average Bonchev–Trinajstić information content (AvgIpc) is 3.87. The molecule has 61 heavy (non-hydrogen) atoms. The minimum atomic E-state index is -0.594. The first-order chi connectivity index (χ1) is 30.3. The molecule has 286 valence electrons. The Balaban J connectivity index is 1.14. The van der Waals surface area contributed by atoms with E-state index in [1.54, 1.807) is 0 Å². The summed E-state index contributed by atoms with van der Waals surface area (Å²) in [7, 11) is 0. The highest BCUT2D eigenvalue weighted by atomic mass is 16.3. The molecule has 0 saturated carbocycles. The van der Waals surface area contributed by atoms with E-state index >= 15 is 0 Å². The zero-order valence-electron chi connectivity index (χ0n) is 33.4. The summed E-state index contributed by atoms with van der Waals surface area (Å²) in [6, 6.07) is 86.0. The van der Waals surface area contributed by atoms with Crippen LogP contribution in [0.5, 0.6) is 0 Å². The Morgan fingerprint density at radius 3 is 1.70 bits per heavy atom. The van der Waals surface area contributed by atoms with Gasteiger partial charge in [0, 0.05) is 22.1 Å². The molecule has 0 bridgehead atoms. The molecule has 0 unspecified atom stereocenters. The summed E-state index contributed by atoms with van der Waals surface area (Å²) in [6.45, 7) is 0. The van der Waals surface area contributed by atoms with Crippen LogP contribution in [-0.2, 0) is 5.41 Å². The molecule has 0 amide bonds. The SMILES string of the molecule is c1ccc(-c2cccc3c2-c2ccc(N(c4ccc(-c5cccc6ccccc56)cc4)c4cccc5c4oc4ccccc45)cc2C3(c2ccccc2)c2ccccc2)cc1. The molecule has 0 radical (unpaired) electrons. The fraction of sp³-hybridized carbons (Fsp3) is 0.0169. The first-order valence-corrected chi connectivity index (χ1v) is 21.0. The Morgan fingerprint density at radius 1 is 0.361 bits per heavy atom. The van der Waals surface area contributed by atoms with Gasteiger partial charge in [0.15, 0.2) is 5.58 Å². The maximum absolute atomic E-state index is 6.79. The summed E-state index contributed by atoms with van der Waals surface area (Å²) in [5.74, 6) is 0. The number of para-hydroxylation sites is 2. The summed E-state index contributed by atoms with van der Waals surface area (Å²) < 4.78 is 6.79. The molecule has 0 spiro atoms. The molecule has 2 nitrogen and oxygen atoms in total. The molecule has 0 fully saturated rings. The molecule has 1 aliphatic carbocycles. The van der Waals surface area contributed by atoms with Gasteiger partial charge in [-0.05, 0) is 103 Å². The Hall–Kier alpha value is -7.94. The highest BCUT2D eigenvalue weighted by Gasteiger charge is 2.47. The standard InChI is InChI=1S/C59H39NO/c1-4-17-41(18-5-1)49-28-15-30-53-57(49)52-38-37-46(39-54(52)59(53,43-21-6-2-7-22-43)44-23-8-3-9-24-44)60(55-31-16-29-51-50-26-12-13-32-56(50)61-58(51)55)45-35-33-42(34-36-45)48-27-14-20-40-19-10-11-25-47(40)48/h1-39H. The largest absolute Gasteiger partial charge is 0.454 e. The lowest BCUT2D eigenvalue weighted by Gasteiger charge is -2.35. The van der Waals surface area contributed by atoms with Crippen LogP contribution in [0.3, 0.4) is 0 Å². The number of hydrogen-bond donors (Lipinski definition) is 0. The first-order valence-electron chi connectivity index (χ1n) is 21.0. The number of nitrogens with zero attached hydrogens (tertiary/aromatic N) is 1. The predicted molar refractivity (Wildman–Crippen MR) is 254 cm³/mol. The fourth-order valence-corrected chi connectivity index (χ4v) is 10.1. The van der Waals surface area contributed by atoms with Crippen LogP contribution >= 0.6 is 0 Å². The molecule has 10 aromatic carbocycles. The third-order valence-electron chi connectivity index (χ3n) is 12.8. The second-order valence-electron chi connectivity index (χ2n) is 16.0. The number of anilines is 3. The lowest BCUT2D eigenvalue weighted by molar-refractivity contribution is 0.669. The Morgan fingerprint density at radius 2 is 0.934 bits per heavy atom. The smallest absolute Gasteiger partial charge is 0.159 e. The van der Waals surface area contributed by atoms with Gasteiger partial charge in [0.1, 0.15) is 5.58 Å². The molecule has 0 saturated heterocycles. The quantitative estimate of drug-likeness (QED) is 0.160. The van der Waals surface area contributed by atoms with Gasteiger partial charge in [-0.15, -0.1) is 0 Å². The van der Waals surface area contributed by atoms with Crippen molar-refractivity contribution in [3.05, 3.63) is 259 Å². The maximum Gasteiger partial charge on any atom is 0.159 e. The van der Waals surface area contributed by atoms with E-state index in [0.717, 1.165) is 39.0 Å². The second-order valence-corrected chi connectivity index (χ2v) is 16.0. The lowest BCUT2D eigenvalue weighted by Crippen LogP contribution is -2.28. The van der Waals surface area contributed by atoms with E-state index in [1.807, 2.05) is 6.07 Å². The van der Waals surface area contributed by atoms with Crippen molar-refractivity contribution in [1.29, 1.82) is 0 Å². The van der Waals surface area contributed by atoms with Crippen LogP contribution in [0.2, 0.25) is 0 Å². The van der Waals surface area contributed by atoms with Crippen molar-refractivity contribution in [2.45, 2.75) is 5.41 Å². The summed E-state index contributed by atoms with van der Waals surface area (Å²) in [5.41, 5.74) is 16.5. The third-order valence-corrected chi connectivity index (χ3v) is 12.8. The van der Waals surface area contributed by atoms with Crippen molar-refractivity contribution in [2.24, 2.45) is 0 Å². The van der Waals surface area contributed by atoms with Crippen LogP contribution in [0.4, 0.5) is 17.1 Å². The zero-order chi connectivity index (χ0) is 40.3. The molecule has 0 atom stereocenters. The van der Waals surface area contributed by atoms with E-state index in [-0.39, 0.29) is 0 Å². The van der Waals surface area contributed by atoms with Gasteiger partial charge in [-0.1, -0.05) is 200 Å². The van der Waals surface area contributed by atoms with Crippen LogP contribution < -0.4 is 4.90 Å². The molecule has 11 aromatic rings. The topological polar surface area (TPSA) is 16.4 Å². The second kappa shape index (κ2) is 14.1. The third kappa shape index (κ3) is 5.43. The molecular weight excluding hydrogens is 739 g/mol. The molecule has 2 heteroatoms. The van der Waals surface area contributed by atoms with Gasteiger partial charge in [0.05, 0.1) is 11.1 Å². The normalized spacial score (nSPS) is 12.7. The Kier molecular flexibility index (Phi) is 8.11. The van der Waals surface area contributed by atoms with Crippen molar-refractivity contribution in [2.75, 3.05) is 4.90 Å². The molecule has 0 N–H and O–H groups in total. The van der Waals surface area contributed by atoms with Crippen LogP contribution in [0.15, 0.2) is 241 Å². The van der Waals surface area contributed by atoms with Crippen LogP contribution in [-0.4, -0.2) is 0 Å². The summed E-state index contributed by atoms with van der Waals surface area (Å²) >= 11 is 0. The first kappa shape index (κ1) is 35.0. The van der Waals surface area contributed by atoms with E-state index in [4.69, 9.17) is 4.42 Å². The molecule has 1 aromatic heterocycles. The van der Waals surface area contributed by atoms with Gasteiger partial charge < -0.3 is 9.32 Å². The van der Waals surface area contributed by atoms with Gasteiger partial charge in [0.2, 0.25) is 0 Å². The van der Waals surface area contributed by atoms with Crippen molar-refractivity contribution in [3.8, 4) is 33.4 Å². The summed E-state index contributed by atoms with van der Waals surface area (Å²) in [5, 5.41) is 4.68. The molecule has 12 rings (SSSR count). The summed E-state index contributed by atoms with van der Waals surface area (Å²) in [4.78, 5) is 2.39. The molecule has 1 aliphatic rings. The number of furan rings is 1. The van der Waals surface area contributed by atoms with Gasteiger partial charge in [0.25, 0.3) is 0 Å². The average molecular weight is 778 g/mol. The Labute approximate surface area is 355 Å². The highest BCUT2D eigenvalue weighted by molar-refractivity contribution is 6.10. The van der Waals surface area contributed by atoms with E-state index in [9.17, 15) is 0 Å². The number of benzene rings is 10. The predicted octanol–water partition coefficient (Wildman–Crippen LogP) is 15.9. The Bertz CT molecular complexity index is 3360. The van der Waals surface area contributed by atoms with Gasteiger partial charge >= 0.3 is 0 Å². The minimum Gasteiger partial charge on any atom is -0.454 e. The number of hydrogen-bond acceptors (Lipinski definition) is 2. The lowest BCUT2D eigenvalue weighted by atomic mass is 9.67. The van der Waals surface area contributed by atoms with Crippen LogP contribution in [0.1, 0.15) is 22.3 Å². The van der Waals surface area contributed by atoms with Crippen LogP contribution in [0.25, 0.3) is 66.1 Å². The molecule has 1 heterocycles. The van der Waals surface area contributed by atoms with Crippen LogP contribution in [0, 0.1) is 0 Å². The summed E-state index contributed by atoms with van der Waals surface area (Å²) in [6.07, 6.45) is 0. The zero-order valence-corrected chi connectivity index (χ0v) is 33.4. The van der Waals surface area contributed by atoms with E-state index in [0.29, 0.717) is 0 Å².